The fourth-order valence-corrected chi connectivity index (χ4v) is 2.98. The second kappa shape index (κ2) is 6.52. The van der Waals surface area contributed by atoms with Crippen molar-refractivity contribution in [3.63, 3.8) is 0 Å². The summed E-state index contributed by atoms with van der Waals surface area (Å²) in [7, 11) is -3.30. The summed E-state index contributed by atoms with van der Waals surface area (Å²) in [5.74, 6) is 0. The minimum absolute atomic E-state index is 0.0274. The fourth-order valence-electron chi connectivity index (χ4n) is 1.98. The molecule has 0 radical (unpaired) electrons. The molecule has 0 fully saturated rings. The van der Waals surface area contributed by atoms with Gasteiger partial charge in [0, 0.05) is 23.0 Å². The summed E-state index contributed by atoms with van der Waals surface area (Å²) in [5.41, 5.74) is -0.0755. The summed E-state index contributed by atoms with van der Waals surface area (Å²) in [6, 6.07) is 9.81. The predicted octanol–water partition coefficient (Wildman–Crippen LogP) is 4.48. The lowest BCUT2D eigenvalue weighted by Crippen LogP contribution is -2.12. The molecule has 0 aliphatic rings. The van der Waals surface area contributed by atoms with Crippen LogP contribution in [0.1, 0.15) is 11.1 Å². The van der Waals surface area contributed by atoms with E-state index in [1.807, 2.05) is 0 Å². The highest BCUT2D eigenvalue weighted by molar-refractivity contribution is 9.10. The van der Waals surface area contributed by atoms with E-state index in [-0.39, 0.29) is 17.0 Å². The lowest BCUT2D eigenvalue weighted by molar-refractivity contribution is -0.138. The first-order valence-corrected chi connectivity index (χ1v) is 9.15. The lowest BCUT2D eigenvalue weighted by Gasteiger charge is -2.14. The summed E-state index contributed by atoms with van der Waals surface area (Å²) in [4.78, 5) is 0.155. The van der Waals surface area contributed by atoms with Crippen LogP contribution in [-0.2, 0) is 22.6 Å². The van der Waals surface area contributed by atoms with E-state index >= 15 is 0 Å². The normalized spacial score (nSPS) is 12.2. The van der Waals surface area contributed by atoms with Gasteiger partial charge < -0.3 is 5.32 Å². The molecule has 2 rings (SSSR count). The molecule has 0 amide bonds. The SMILES string of the molecule is CS(=O)(=O)c1ccc(NCc2ccc(Br)cc2C(F)(F)F)cc1. The molecule has 1 N–H and O–H groups in total. The van der Waals surface area contributed by atoms with Crippen LogP contribution in [0.4, 0.5) is 18.9 Å². The molecule has 2 aromatic rings. The van der Waals surface area contributed by atoms with Crippen LogP contribution in [0, 0.1) is 0 Å². The molecule has 0 atom stereocenters. The van der Waals surface area contributed by atoms with Crippen LogP contribution in [-0.4, -0.2) is 14.7 Å². The monoisotopic (exact) mass is 407 g/mol. The number of benzene rings is 2. The zero-order valence-corrected chi connectivity index (χ0v) is 14.4. The van der Waals surface area contributed by atoms with Crippen LogP contribution >= 0.6 is 15.9 Å². The van der Waals surface area contributed by atoms with E-state index < -0.39 is 21.6 Å². The fraction of sp³-hybridized carbons (Fsp3) is 0.200. The smallest absolute Gasteiger partial charge is 0.381 e. The number of halogens is 4. The van der Waals surface area contributed by atoms with Crippen LogP contribution in [0.2, 0.25) is 0 Å². The summed E-state index contributed by atoms with van der Waals surface area (Å²) in [6.45, 7) is -0.0274. The van der Waals surface area contributed by atoms with Crippen LogP contribution in [0.3, 0.4) is 0 Å². The van der Waals surface area contributed by atoms with E-state index in [1.54, 1.807) is 6.07 Å². The molecule has 0 spiro atoms. The molecule has 8 heteroatoms. The van der Waals surface area contributed by atoms with Crippen molar-refractivity contribution in [3.8, 4) is 0 Å². The van der Waals surface area contributed by atoms with Gasteiger partial charge in [-0.05, 0) is 42.0 Å². The predicted molar refractivity (Wildman–Crippen MR) is 86.0 cm³/mol. The molecule has 0 bridgehead atoms. The molecule has 0 saturated heterocycles. The van der Waals surface area contributed by atoms with Gasteiger partial charge in [-0.25, -0.2) is 8.42 Å². The van der Waals surface area contributed by atoms with Crippen molar-refractivity contribution in [3.05, 3.63) is 58.1 Å². The molecule has 124 valence electrons. The van der Waals surface area contributed by atoms with E-state index in [0.29, 0.717) is 10.2 Å². The van der Waals surface area contributed by atoms with Gasteiger partial charge in [-0.1, -0.05) is 22.0 Å². The number of alkyl halides is 3. The van der Waals surface area contributed by atoms with E-state index in [4.69, 9.17) is 0 Å². The average molecular weight is 408 g/mol. The highest BCUT2D eigenvalue weighted by Crippen LogP contribution is 2.34. The van der Waals surface area contributed by atoms with Gasteiger partial charge in [0.1, 0.15) is 0 Å². The molecule has 0 unspecified atom stereocenters. The minimum atomic E-state index is -4.44. The number of nitrogens with one attached hydrogen (secondary N) is 1. The maximum Gasteiger partial charge on any atom is 0.416 e. The average Bonchev–Trinajstić information content (AvgIpc) is 2.44. The first-order chi connectivity index (χ1) is 10.6. The van der Waals surface area contributed by atoms with E-state index in [0.717, 1.165) is 12.3 Å². The molecular weight excluding hydrogens is 395 g/mol. The van der Waals surface area contributed by atoms with Gasteiger partial charge in [0.15, 0.2) is 9.84 Å². The van der Waals surface area contributed by atoms with Gasteiger partial charge in [0.05, 0.1) is 10.5 Å². The highest BCUT2D eigenvalue weighted by Gasteiger charge is 2.33. The topological polar surface area (TPSA) is 46.2 Å². The number of hydrogen-bond acceptors (Lipinski definition) is 3. The molecule has 0 aliphatic heterocycles. The second-order valence-corrected chi connectivity index (χ2v) is 7.88. The molecule has 2 aromatic carbocycles. The van der Waals surface area contributed by atoms with Crippen LogP contribution in [0.5, 0.6) is 0 Å². The van der Waals surface area contributed by atoms with Gasteiger partial charge in [-0.15, -0.1) is 0 Å². The maximum atomic E-state index is 13.0. The molecule has 0 saturated carbocycles. The Bertz CT molecular complexity index is 802. The molecule has 0 aromatic heterocycles. The first kappa shape index (κ1) is 17.8. The van der Waals surface area contributed by atoms with Crippen LogP contribution in [0.15, 0.2) is 51.8 Å². The van der Waals surface area contributed by atoms with Crippen molar-refractivity contribution < 1.29 is 21.6 Å². The van der Waals surface area contributed by atoms with Crippen molar-refractivity contribution in [1.29, 1.82) is 0 Å². The van der Waals surface area contributed by atoms with Gasteiger partial charge in [0.2, 0.25) is 0 Å². The Morgan fingerprint density at radius 3 is 2.22 bits per heavy atom. The third-order valence-electron chi connectivity index (χ3n) is 3.14. The number of hydrogen-bond donors (Lipinski definition) is 1. The van der Waals surface area contributed by atoms with E-state index in [1.165, 1.54) is 30.3 Å². The first-order valence-electron chi connectivity index (χ1n) is 6.47. The van der Waals surface area contributed by atoms with E-state index in [2.05, 4.69) is 21.2 Å². The number of anilines is 1. The van der Waals surface area contributed by atoms with Crippen LogP contribution < -0.4 is 5.32 Å². The van der Waals surface area contributed by atoms with Crippen molar-refractivity contribution in [1.82, 2.24) is 0 Å². The molecule has 3 nitrogen and oxygen atoms in total. The number of sulfone groups is 1. The summed E-state index contributed by atoms with van der Waals surface area (Å²) >= 11 is 3.03. The highest BCUT2D eigenvalue weighted by atomic mass is 79.9. The summed E-state index contributed by atoms with van der Waals surface area (Å²) in [6.07, 6.45) is -3.35. The molecular formula is C15H13BrF3NO2S. The Morgan fingerprint density at radius 1 is 1.09 bits per heavy atom. The van der Waals surface area contributed by atoms with Gasteiger partial charge in [-0.2, -0.15) is 13.2 Å². The Kier molecular flexibility index (Phi) is 5.05. The quantitative estimate of drug-likeness (QED) is 0.812. The molecule has 23 heavy (non-hydrogen) atoms. The van der Waals surface area contributed by atoms with Gasteiger partial charge in [-0.3, -0.25) is 0 Å². The van der Waals surface area contributed by atoms with E-state index in [9.17, 15) is 21.6 Å². The van der Waals surface area contributed by atoms with Crippen molar-refractivity contribution >= 4 is 31.5 Å². The Balaban J connectivity index is 2.18. The Labute approximate surface area is 140 Å². The minimum Gasteiger partial charge on any atom is -0.381 e. The van der Waals surface area contributed by atoms with Crippen molar-refractivity contribution in [2.45, 2.75) is 17.6 Å². The number of rotatable bonds is 4. The Morgan fingerprint density at radius 2 is 1.70 bits per heavy atom. The van der Waals surface area contributed by atoms with Crippen molar-refractivity contribution in [2.75, 3.05) is 11.6 Å². The largest absolute Gasteiger partial charge is 0.416 e. The third kappa shape index (κ3) is 4.71. The van der Waals surface area contributed by atoms with Crippen molar-refractivity contribution in [2.24, 2.45) is 0 Å². The maximum absolute atomic E-state index is 13.0. The molecule has 0 aliphatic carbocycles. The van der Waals surface area contributed by atoms with Gasteiger partial charge in [0.25, 0.3) is 0 Å². The summed E-state index contributed by atoms with van der Waals surface area (Å²) in [5, 5.41) is 2.86. The standard InChI is InChI=1S/C15H13BrF3NO2S/c1-23(21,22)13-6-4-12(5-7-13)20-9-10-2-3-11(16)8-14(10)15(17,18)19/h2-8,20H,9H2,1H3. The van der Waals surface area contributed by atoms with Gasteiger partial charge >= 0.3 is 6.18 Å². The second-order valence-electron chi connectivity index (χ2n) is 4.95. The van der Waals surface area contributed by atoms with Crippen LogP contribution in [0.25, 0.3) is 0 Å². The lowest BCUT2D eigenvalue weighted by atomic mass is 10.1. The zero-order valence-electron chi connectivity index (χ0n) is 12.0. The zero-order chi connectivity index (χ0) is 17.3. The molecule has 0 heterocycles. The third-order valence-corrected chi connectivity index (χ3v) is 4.76. The summed E-state index contributed by atoms with van der Waals surface area (Å²) < 4.78 is 62.1. The Hall–Kier alpha value is -1.54.